The second kappa shape index (κ2) is 11.5. The molecular weight excluding hydrogens is 516 g/mol. The highest BCUT2D eigenvalue weighted by molar-refractivity contribution is 6.03. The van der Waals surface area contributed by atoms with E-state index in [1.807, 2.05) is 24.3 Å². The summed E-state index contributed by atoms with van der Waals surface area (Å²) in [5.41, 5.74) is 1.57. The van der Waals surface area contributed by atoms with E-state index in [-0.39, 0.29) is 18.5 Å². The molecule has 0 spiro atoms. The topological polar surface area (TPSA) is 42.7 Å². The molecule has 2 aromatic carbocycles. The first-order valence-electron chi connectivity index (χ1n) is 14.4. The number of imidazole rings is 1. The van der Waals surface area contributed by atoms with Crippen molar-refractivity contribution in [3.63, 3.8) is 0 Å². The molecule has 1 fully saturated rings. The number of pyridine rings is 1. The van der Waals surface area contributed by atoms with Crippen LogP contribution in [0, 0.1) is 34.6 Å². The molecule has 1 aliphatic rings. The zero-order valence-corrected chi connectivity index (χ0v) is 23.8. The Kier molecular flexibility index (Phi) is 8.18. The van der Waals surface area contributed by atoms with Crippen LogP contribution in [0.5, 0.6) is 0 Å². The zero-order chi connectivity index (χ0) is 28.6. The largest absolute Gasteiger partial charge is 0.323 e. The van der Waals surface area contributed by atoms with Crippen LogP contribution in [0.3, 0.4) is 0 Å². The number of aromatic nitrogens is 3. The van der Waals surface area contributed by atoms with E-state index in [9.17, 15) is 0 Å². The fourth-order valence-corrected chi connectivity index (χ4v) is 5.37. The van der Waals surface area contributed by atoms with Gasteiger partial charge in [-0.05, 0) is 43.2 Å². The number of hydrogen-bond acceptors (Lipinski definition) is 3. The molecule has 0 radical (unpaired) electrons. The minimum absolute atomic E-state index is 0.0806. The minimum atomic E-state index is -1.35. The Bertz CT molecular complexity index is 1500. The Morgan fingerprint density at radius 3 is 2.27 bits per heavy atom. The standard InChI is InChI=1S/C32H38F4N4/c1-5-6-11-25-39-30-24(16-32(2,3)4)38-23-10-8-7-9-20(23)31(30)40(25)18-22-28(35)26(33)21(27(34)29(22)36)17-37-15-14-19-12-13-19/h7-10,19,37H,5-6,11-18H2,1-4H3. The Morgan fingerprint density at radius 1 is 0.950 bits per heavy atom. The Morgan fingerprint density at radius 2 is 1.62 bits per heavy atom. The molecule has 0 amide bonds. The van der Waals surface area contributed by atoms with Gasteiger partial charge in [-0.2, -0.15) is 0 Å². The van der Waals surface area contributed by atoms with Crippen molar-refractivity contribution >= 4 is 21.9 Å². The van der Waals surface area contributed by atoms with Crippen molar-refractivity contribution in [1.82, 2.24) is 19.9 Å². The highest BCUT2D eigenvalue weighted by Crippen LogP contribution is 2.34. The normalized spacial score (nSPS) is 14.1. The summed E-state index contributed by atoms with van der Waals surface area (Å²) in [5, 5.41) is 3.72. The first kappa shape index (κ1) is 28.5. The maximum Gasteiger partial charge on any atom is 0.167 e. The van der Waals surface area contributed by atoms with Gasteiger partial charge in [-0.1, -0.05) is 65.2 Å². The summed E-state index contributed by atoms with van der Waals surface area (Å²) >= 11 is 0. The quantitative estimate of drug-likeness (QED) is 0.116. The van der Waals surface area contributed by atoms with Crippen LogP contribution >= 0.6 is 0 Å². The average molecular weight is 555 g/mol. The molecule has 2 heterocycles. The van der Waals surface area contributed by atoms with Gasteiger partial charge in [-0.15, -0.1) is 0 Å². The molecule has 1 aliphatic carbocycles. The highest BCUT2D eigenvalue weighted by Gasteiger charge is 2.28. The van der Waals surface area contributed by atoms with Crippen LogP contribution in [0.4, 0.5) is 17.6 Å². The Hall–Kier alpha value is -3.00. The summed E-state index contributed by atoms with van der Waals surface area (Å²) in [6, 6.07) is 7.57. The van der Waals surface area contributed by atoms with E-state index in [2.05, 4.69) is 33.0 Å². The van der Waals surface area contributed by atoms with E-state index in [0.717, 1.165) is 48.7 Å². The summed E-state index contributed by atoms with van der Waals surface area (Å²) in [6.07, 6.45) is 6.12. The van der Waals surface area contributed by atoms with Crippen molar-refractivity contribution in [3.05, 3.63) is 70.2 Å². The molecule has 40 heavy (non-hydrogen) atoms. The molecule has 4 aromatic rings. The van der Waals surface area contributed by atoms with Gasteiger partial charge < -0.3 is 9.88 Å². The Labute approximate surface area is 233 Å². The predicted molar refractivity (Wildman–Crippen MR) is 151 cm³/mol. The molecular formula is C32H38F4N4. The molecule has 2 aromatic heterocycles. The molecule has 1 saturated carbocycles. The molecule has 1 N–H and O–H groups in total. The number of fused-ring (bicyclic) bond motifs is 3. The lowest BCUT2D eigenvalue weighted by Crippen LogP contribution is -2.20. The van der Waals surface area contributed by atoms with Gasteiger partial charge in [0.25, 0.3) is 0 Å². The van der Waals surface area contributed by atoms with Gasteiger partial charge in [0, 0.05) is 29.5 Å². The molecule has 0 saturated heterocycles. The van der Waals surface area contributed by atoms with E-state index in [1.165, 1.54) is 0 Å². The smallest absolute Gasteiger partial charge is 0.167 e. The van der Waals surface area contributed by atoms with Crippen molar-refractivity contribution in [3.8, 4) is 0 Å². The lowest BCUT2D eigenvalue weighted by atomic mass is 9.89. The molecule has 214 valence electrons. The summed E-state index contributed by atoms with van der Waals surface area (Å²) in [7, 11) is 0. The molecule has 0 aliphatic heterocycles. The number of benzene rings is 2. The zero-order valence-electron chi connectivity index (χ0n) is 23.8. The lowest BCUT2D eigenvalue weighted by molar-refractivity contribution is 0.408. The number of nitrogens with zero attached hydrogens (tertiary/aromatic N) is 3. The SMILES string of the molecule is CCCCc1nc2c(CC(C)(C)C)nc3ccccc3c2n1Cc1c(F)c(F)c(CNCCC2CC2)c(F)c1F. The van der Waals surface area contributed by atoms with Crippen molar-refractivity contribution in [2.75, 3.05) is 6.54 Å². The third-order valence-corrected chi connectivity index (χ3v) is 7.68. The minimum Gasteiger partial charge on any atom is -0.323 e. The van der Waals surface area contributed by atoms with Gasteiger partial charge in [0.1, 0.15) is 11.3 Å². The molecule has 0 bridgehead atoms. The molecule has 4 nitrogen and oxygen atoms in total. The second-order valence-electron chi connectivity index (χ2n) is 12.3. The van der Waals surface area contributed by atoms with Crippen LogP contribution in [0.15, 0.2) is 24.3 Å². The van der Waals surface area contributed by atoms with Crippen molar-refractivity contribution in [2.24, 2.45) is 11.3 Å². The maximum atomic E-state index is 15.5. The van der Waals surface area contributed by atoms with Crippen LogP contribution < -0.4 is 5.32 Å². The average Bonchev–Trinajstić information content (AvgIpc) is 3.67. The van der Waals surface area contributed by atoms with Crippen LogP contribution in [0.1, 0.15) is 82.4 Å². The first-order chi connectivity index (χ1) is 19.1. The fourth-order valence-electron chi connectivity index (χ4n) is 5.37. The number of aryl methyl sites for hydroxylation is 1. The number of halogens is 4. The van der Waals surface area contributed by atoms with Gasteiger partial charge in [0.2, 0.25) is 0 Å². The highest BCUT2D eigenvalue weighted by atomic mass is 19.2. The molecule has 5 rings (SSSR count). The van der Waals surface area contributed by atoms with E-state index in [4.69, 9.17) is 9.97 Å². The van der Waals surface area contributed by atoms with Gasteiger partial charge in [-0.25, -0.2) is 22.5 Å². The molecule has 8 heteroatoms. The van der Waals surface area contributed by atoms with E-state index in [0.29, 0.717) is 42.2 Å². The van der Waals surface area contributed by atoms with E-state index < -0.39 is 34.4 Å². The lowest BCUT2D eigenvalue weighted by Gasteiger charge is -2.19. The number of rotatable bonds is 11. The Balaban J connectivity index is 1.62. The number of unbranched alkanes of at least 4 members (excludes halogenated alkanes) is 1. The van der Waals surface area contributed by atoms with Crippen molar-refractivity contribution < 1.29 is 17.6 Å². The van der Waals surface area contributed by atoms with Gasteiger partial charge in [0.05, 0.1) is 23.3 Å². The van der Waals surface area contributed by atoms with Crippen molar-refractivity contribution in [2.45, 2.75) is 85.7 Å². The monoisotopic (exact) mass is 554 g/mol. The van der Waals surface area contributed by atoms with Crippen molar-refractivity contribution in [1.29, 1.82) is 0 Å². The second-order valence-corrected chi connectivity index (χ2v) is 12.3. The predicted octanol–water partition coefficient (Wildman–Crippen LogP) is 8.01. The number of hydrogen-bond donors (Lipinski definition) is 1. The number of para-hydroxylation sites is 1. The first-order valence-corrected chi connectivity index (χ1v) is 14.4. The summed E-state index contributed by atoms with van der Waals surface area (Å²) in [5.74, 6) is -4.13. The van der Waals surface area contributed by atoms with Crippen LogP contribution in [-0.4, -0.2) is 21.1 Å². The molecule has 0 unspecified atom stereocenters. The third kappa shape index (κ3) is 5.87. The molecule has 0 atom stereocenters. The fraction of sp³-hybridized carbons (Fsp3) is 0.500. The summed E-state index contributed by atoms with van der Waals surface area (Å²) in [6.45, 7) is 8.31. The summed E-state index contributed by atoms with van der Waals surface area (Å²) in [4.78, 5) is 9.83. The van der Waals surface area contributed by atoms with E-state index in [1.54, 1.807) is 4.57 Å². The van der Waals surface area contributed by atoms with Crippen LogP contribution in [0.2, 0.25) is 0 Å². The third-order valence-electron chi connectivity index (χ3n) is 7.68. The maximum absolute atomic E-state index is 15.5. The van der Waals surface area contributed by atoms with Crippen LogP contribution in [0.25, 0.3) is 21.9 Å². The van der Waals surface area contributed by atoms with Gasteiger partial charge >= 0.3 is 0 Å². The van der Waals surface area contributed by atoms with E-state index >= 15 is 17.6 Å². The van der Waals surface area contributed by atoms with Gasteiger partial charge in [-0.3, -0.25) is 4.98 Å². The van der Waals surface area contributed by atoms with Crippen LogP contribution in [-0.2, 0) is 25.9 Å². The van der Waals surface area contributed by atoms with Gasteiger partial charge in [0.15, 0.2) is 23.3 Å². The number of nitrogens with one attached hydrogen (secondary N) is 1. The summed E-state index contributed by atoms with van der Waals surface area (Å²) < 4.78 is 63.1.